The van der Waals surface area contributed by atoms with Gasteiger partial charge in [-0.3, -0.25) is 4.90 Å². The average Bonchev–Trinajstić information content (AvgIpc) is 2.37. The number of hydrogen-bond donors (Lipinski definition) is 1. The van der Waals surface area contributed by atoms with Crippen molar-refractivity contribution >= 4 is 6.09 Å². The van der Waals surface area contributed by atoms with E-state index in [1.807, 2.05) is 51.1 Å². The van der Waals surface area contributed by atoms with Gasteiger partial charge in [-0.1, -0.05) is 30.3 Å². The Hall–Kier alpha value is -1.55. The van der Waals surface area contributed by atoms with E-state index >= 15 is 0 Å². The molecule has 2 N–H and O–H groups in total. The summed E-state index contributed by atoms with van der Waals surface area (Å²) >= 11 is 0. The molecule has 0 aliphatic carbocycles. The van der Waals surface area contributed by atoms with Crippen LogP contribution in [0, 0.1) is 0 Å². The topological polar surface area (TPSA) is 55.6 Å². The van der Waals surface area contributed by atoms with Crippen molar-refractivity contribution < 1.29 is 9.53 Å². The second kappa shape index (κ2) is 5.83. The van der Waals surface area contributed by atoms with Gasteiger partial charge in [0.05, 0.1) is 6.04 Å². The van der Waals surface area contributed by atoms with Crippen molar-refractivity contribution in [3.63, 3.8) is 0 Å². The Balaban J connectivity index is 2.23. The number of likely N-dealkylation sites (tertiary alicyclic amines) is 1. The zero-order chi connectivity index (χ0) is 14.8. The molecule has 4 nitrogen and oxygen atoms in total. The third-order valence-electron chi connectivity index (χ3n) is 3.45. The van der Waals surface area contributed by atoms with Gasteiger partial charge in [0.1, 0.15) is 5.60 Å². The van der Waals surface area contributed by atoms with E-state index in [1.54, 1.807) is 4.90 Å². The van der Waals surface area contributed by atoms with Crippen molar-refractivity contribution in [2.45, 2.75) is 51.3 Å². The first-order chi connectivity index (χ1) is 9.38. The van der Waals surface area contributed by atoms with Crippen molar-refractivity contribution in [1.82, 2.24) is 4.90 Å². The molecule has 20 heavy (non-hydrogen) atoms. The van der Waals surface area contributed by atoms with E-state index in [0.29, 0.717) is 6.54 Å². The van der Waals surface area contributed by atoms with E-state index < -0.39 is 5.60 Å². The Morgan fingerprint density at radius 2 is 1.95 bits per heavy atom. The highest BCUT2D eigenvalue weighted by molar-refractivity contribution is 5.69. The molecule has 1 aromatic rings. The first-order valence-electron chi connectivity index (χ1n) is 7.18. The number of piperidine rings is 1. The summed E-state index contributed by atoms with van der Waals surface area (Å²) in [6.07, 6.45) is 1.57. The lowest BCUT2D eigenvalue weighted by molar-refractivity contribution is 0.00646. The van der Waals surface area contributed by atoms with Gasteiger partial charge >= 0.3 is 6.09 Å². The highest BCUT2D eigenvalue weighted by Crippen LogP contribution is 2.31. The van der Waals surface area contributed by atoms with E-state index in [4.69, 9.17) is 10.5 Å². The van der Waals surface area contributed by atoms with Crippen LogP contribution in [-0.4, -0.2) is 29.2 Å². The Kier molecular flexibility index (Phi) is 4.33. The van der Waals surface area contributed by atoms with E-state index in [9.17, 15) is 4.79 Å². The third-order valence-corrected chi connectivity index (χ3v) is 3.45. The summed E-state index contributed by atoms with van der Waals surface area (Å²) in [5.74, 6) is 0. The predicted molar refractivity (Wildman–Crippen MR) is 79.3 cm³/mol. The summed E-state index contributed by atoms with van der Waals surface area (Å²) in [5.41, 5.74) is 6.84. The molecule has 2 rings (SSSR count). The lowest BCUT2D eigenvalue weighted by atomic mass is 9.91. The van der Waals surface area contributed by atoms with Crippen LogP contribution in [0.2, 0.25) is 0 Å². The Bertz CT molecular complexity index is 453. The fraction of sp³-hybridized carbons (Fsp3) is 0.562. The molecule has 1 fully saturated rings. The van der Waals surface area contributed by atoms with Crippen LogP contribution in [0.25, 0.3) is 0 Å². The van der Waals surface area contributed by atoms with Crippen LogP contribution >= 0.6 is 0 Å². The van der Waals surface area contributed by atoms with Gasteiger partial charge in [0, 0.05) is 12.6 Å². The second-order valence-electron chi connectivity index (χ2n) is 6.34. The van der Waals surface area contributed by atoms with Gasteiger partial charge in [0.15, 0.2) is 0 Å². The zero-order valence-electron chi connectivity index (χ0n) is 12.5. The lowest BCUT2D eigenvalue weighted by Gasteiger charge is -2.40. The molecule has 1 amide bonds. The number of ether oxygens (including phenoxy) is 1. The highest BCUT2D eigenvalue weighted by Gasteiger charge is 2.35. The Labute approximate surface area is 120 Å². The summed E-state index contributed by atoms with van der Waals surface area (Å²) in [7, 11) is 0. The maximum atomic E-state index is 12.4. The molecule has 2 atom stereocenters. The largest absolute Gasteiger partial charge is 0.444 e. The lowest BCUT2D eigenvalue weighted by Crippen LogP contribution is -2.49. The van der Waals surface area contributed by atoms with Crippen LogP contribution in [0.5, 0.6) is 0 Å². The fourth-order valence-electron chi connectivity index (χ4n) is 2.63. The van der Waals surface area contributed by atoms with Crippen LogP contribution in [0.4, 0.5) is 4.79 Å². The standard InChI is InChI=1S/C16H24N2O2/c1-16(2,3)20-15(19)18-11-7-10-13(17)14(18)12-8-5-4-6-9-12/h4-6,8-9,13-14H,7,10-11,17H2,1-3H3/t13-,14+/m1/s1. The van der Waals surface area contributed by atoms with Crippen molar-refractivity contribution in [3.8, 4) is 0 Å². The maximum Gasteiger partial charge on any atom is 0.410 e. The number of amides is 1. The second-order valence-corrected chi connectivity index (χ2v) is 6.34. The average molecular weight is 276 g/mol. The van der Waals surface area contributed by atoms with E-state index in [-0.39, 0.29) is 18.2 Å². The monoisotopic (exact) mass is 276 g/mol. The first kappa shape index (κ1) is 14.9. The number of hydrogen-bond acceptors (Lipinski definition) is 3. The van der Waals surface area contributed by atoms with E-state index in [2.05, 4.69) is 0 Å². The molecule has 0 bridgehead atoms. The van der Waals surface area contributed by atoms with Crippen molar-refractivity contribution in [2.24, 2.45) is 5.73 Å². The van der Waals surface area contributed by atoms with Crippen LogP contribution in [0.15, 0.2) is 30.3 Å². The van der Waals surface area contributed by atoms with Crippen LogP contribution in [0.1, 0.15) is 45.2 Å². The molecule has 110 valence electrons. The molecule has 1 saturated heterocycles. The SMILES string of the molecule is CC(C)(C)OC(=O)N1CCC[C@@H](N)[C@@H]1c1ccccc1. The molecular weight excluding hydrogens is 252 g/mol. The van der Waals surface area contributed by atoms with Crippen LogP contribution < -0.4 is 5.73 Å². The highest BCUT2D eigenvalue weighted by atomic mass is 16.6. The summed E-state index contributed by atoms with van der Waals surface area (Å²) in [6.45, 7) is 6.34. The molecule has 0 aromatic heterocycles. The van der Waals surface area contributed by atoms with Gasteiger partial charge in [-0.05, 0) is 39.2 Å². The number of nitrogens with zero attached hydrogens (tertiary/aromatic N) is 1. The van der Waals surface area contributed by atoms with Crippen molar-refractivity contribution in [3.05, 3.63) is 35.9 Å². The third kappa shape index (κ3) is 3.51. The minimum Gasteiger partial charge on any atom is -0.444 e. The number of carbonyl (C=O) groups is 1. The summed E-state index contributed by atoms with van der Waals surface area (Å²) in [5, 5.41) is 0. The molecule has 0 saturated carbocycles. The van der Waals surface area contributed by atoms with Gasteiger partial charge in [0.25, 0.3) is 0 Å². The molecular formula is C16H24N2O2. The van der Waals surface area contributed by atoms with E-state index in [1.165, 1.54) is 0 Å². The summed E-state index contributed by atoms with van der Waals surface area (Å²) < 4.78 is 5.51. The predicted octanol–water partition coefficient (Wildman–Crippen LogP) is 3.09. The summed E-state index contributed by atoms with van der Waals surface area (Å²) in [6, 6.07) is 9.82. The van der Waals surface area contributed by atoms with Crippen molar-refractivity contribution in [1.29, 1.82) is 0 Å². The Morgan fingerprint density at radius 3 is 2.55 bits per heavy atom. The number of benzene rings is 1. The van der Waals surface area contributed by atoms with Gasteiger partial charge in [-0.15, -0.1) is 0 Å². The van der Waals surface area contributed by atoms with Gasteiger partial charge in [0.2, 0.25) is 0 Å². The molecule has 1 aliphatic heterocycles. The first-order valence-corrected chi connectivity index (χ1v) is 7.18. The van der Waals surface area contributed by atoms with Gasteiger partial charge in [-0.2, -0.15) is 0 Å². The zero-order valence-corrected chi connectivity index (χ0v) is 12.5. The minimum atomic E-state index is -0.486. The molecule has 1 heterocycles. The Morgan fingerprint density at radius 1 is 1.30 bits per heavy atom. The quantitative estimate of drug-likeness (QED) is 0.857. The van der Waals surface area contributed by atoms with Gasteiger partial charge < -0.3 is 10.5 Å². The van der Waals surface area contributed by atoms with Gasteiger partial charge in [-0.25, -0.2) is 4.79 Å². The number of carbonyl (C=O) groups excluding carboxylic acids is 1. The minimum absolute atomic E-state index is 0.0429. The number of nitrogens with two attached hydrogens (primary N) is 1. The number of rotatable bonds is 1. The molecule has 1 aliphatic rings. The van der Waals surface area contributed by atoms with Crippen molar-refractivity contribution in [2.75, 3.05) is 6.54 Å². The van der Waals surface area contributed by atoms with Crippen LogP contribution in [0.3, 0.4) is 0 Å². The normalized spacial score (nSPS) is 23.5. The molecule has 0 spiro atoms. The fourth-order valence-corrected chi connectivity index (χ4v) is 2.63. The molecule has 1 aromatic carbocycles. The molecule has 0 radical (unpaired) electrons. The molecule has 0 unspecified atom stereocenters. The summed E-state index contributed by atoms with van der Waals surface area (Å²) in [4.78, 5) is 14.2. The molecule has 4 heteroatoms. The van der Waals surface area contributed by atoms with E-state index in [0.717, 1.165) is 18.4 Å². The van der Waals surface area contributed by atoms with Crippen LogP contribution in [-0.2, 0) is 4.74 Å². The maximum absolute atomic E-state index is 12.4. The smallest absolute Gasteiger partial charge is 0.410 e.